The van der Waals surface area contributed by atoms with Gasteiger partial charge in [-0.2, -0.15) is 10.2 Å². The third kappa shape index (κ3) is 0.841. The molecule has 2 N–H and O–H groups in total. The van der Waals surface area contributed by atoms with E-state index in [0.717, 1.165) is 0 Å². The molecule has 0 fully saturated rings. The SMILES string of the molecule is NN=Cn1cccn1. The molecule has 4 heteroatoms. The zero-order chi connectivity index (χ0) is 5.82. The minimum absolute atomic E-state index is 1.42. The highest BCUT2D eigenvalue weighted by Gasteiger charge is 1.76. The third-order valence-electron chi connectivity index (χ3n) is 0.710. The molecule has 1 heterocycles. The average molecular weight is 110 g/mol. The van der Waals surface area contributed by atoms with Gasteiger partial charge in [-0.1, -0.05) is 0 Å². The minimum atomic E-state index is 1.42. The monoisotopic (exact) mass is 110 g/mol. The van der Waals surface area contributed by atoms with E-state index in [-0.39, 0.29) is 0 Å². The Balaban J connectivity index is 2.77. The van der Waals surface area contributed by atoms with E-state index in [9.17, 15) is 0 Å². The van der Waals surface area contributed by atoms with Crippen LogP contribution < -0.4 is 5.84 Å². The molecule has 0 amide bonds. The summed E-state index contributed by atoms with van der Waals surface area (Å²) < 4.78 is 1.51. The van der Waals surface area contributed by atoms with E-state index in [0.29, 0.717) is 0 Å². The summed E-state index contributed by atoms with van der Waals surface area (Å²) in [7, 11) is 0. The second-order valence-corrected chi connectivity index (χ2v) is 1.25. The fourth-order valence-corrected chi connectivity index (χ4v) is 0.417. The molecule has 8 heavy (non-hydrogen) atoms. The van der Waals surface area contributed by atoms with Crippen LogP contribution in [0, 0.1) is 0 Å². The van der Waals surface area contributed by atoms with Crippen LogP contribution in [0.4, 0.5) is 0 Å². The summed E-state index contributed by atoms with van der Waals surface area (Å²) in [6, 6.07) is 1.79. The molecule has 0 aromatic carbocycles. The van der Waals surface area contributed by atoms with Gasteiger partial charge < -0.3 is 5.84 Å². The summed E-state index contributed by atoms with van der Waals surface area (Å²) in [4.78, 5) is 0. The smallest absolute Gasteiger partial charge is 0.136 e. The molecule has 0 aliphatic carbocycles. The normalized spacial score (nSPS) is 10.5. The number of hydrogen-bond acceptors (Lipinski definition) is 3. The van der Waals surface area contributed by atoms with Crippen molar-refractivity contribution in [2.45, 2.75) is 0 Å². The molecule has 1 aromatic rings. The van der Waals surface area contributed by atoms with Crippen LogP contribution in [-0.2, 0) is 0 Å². The Bertz CT molecular complexity index is 164. The first kappa shape index (κ1) is 4.83. The van der Waals surface area contributed by atoms with Gasteiger partial charge in [0.05, 0.1) is 0 Å². The second-order valence-electron chi connectivity index (χ2n) is 1.25. The molecule has 4 nitrogen and oxygen atoms in total. The topological polar surface area (TPSA) is 56.2 Å². The van der Waals surface area contributed by atoms with Crippen LogP contribution in [0.25, 0.3) is 0 Å². The Kier molecular flexibility index (Phi) is 1.27. The summed E-state index contributed by atoms with van der Waals surface area (Å²) in [5, 5.41) is 7.05. The Morgan fingerprint density at radius 1 is 1.75 bits per heavy atom. The molecule has 0 aliphatic heterocycles. The van der Waals surface area contributed by atoms with Crippen molar-refractivity contribution < 1.29 is 0 Å². The highest BCUT2D eigenvalue weighted by Crippen LogP contribution is 1.75. The number of rotatable bonds is 1. The number of hydrogen-bond donors (Lipinski definition) is 1. The summed E-state index contributed by atoms with van der Waals surface area (Å²) in [5.41, 5.74) is 0. The van der Waals surface area contributed by atoms with Gasteiger partial charge in [0.2, 0.25) is 0 Å². The van der Waals surface area contributed by atoms with E-state index >= 15 is 0 Å². The molecular weight excluding hydrogens is 104 g/mol. The Morgan fingerprint density at radius 2 is 2.62 bits per heavy atom. The van der Waals surface area contributed by atoms with Crippen LogP contribution in [0.5, 0.6) is 0 Å². The zero-order valence-corrected chi connectivity index (χ0v) is 4.23. The molecule has 0 spiro atoms. The van der Waals surface area contributed by atoms with Crippen LogP contribution in [0.15, 0.2) is 23.6 Å². The van der Waals surface area contributed by atoms with Gasteiger partial charge in [0.15, 0.2) is 0 Å². The lowest BCUT2D eigenvalue weighted by molar-refractivity contribution is 0.947. The predicted molar refractivity (Wildman–Crippen MR) is 30.3 cm³/mol. The summed E-state index contributed by atoms with van der Waals surface area (Å²) in [6.07, 6.45) is 4.82. The van der Waals surface area contributed by atoms with Gasteiger partial charge in [0, 0.05) is 12.4 Å². The van der Waals surface area contributed by atoms with Gasteiger partial charge >= 0.3 is 0 Å². The van der Waals surface area contributed by atoms with Gasteiger partial charge in [-0.05, 0) is 6.07 Å². The predicted octanol–water partition coefficient (Wildman–Crippen LogP) is -0.367. The zero-order valence-electron chi connectivity index (χ0n) is 4.23. The molecule has 0 atom stereocenters. The average Bonchev–Trinajstić information content (AvgIpc) is 2.19. The van der Waals surface area contributed by atoms with Gasteiger partial charge in [0.25, 0.3) is 0 Å². The minimum Gasteiger partial charge on any atom is -0.322 e. The van der Waals surface area contributed by atoms with Crippen LogP contribution in [0.1, 0.15) is 0 Å². The van der Waals surface area contributed by atoms with Crippen molar-refractivity contribution in [2.75, 3.05) is 0 Å². The molecule has 1 aromatic heterocycles. The van der Waals surface area contributed by atoms with E-state index in [1.807, 2.05) is 0 Å². The van der Waals surface area contributed by atoms with Crippen LogP contribution in [0.3, 0.4) is 0 Å². The number of hydrazone groups is 1. The van der Waals surface area contributed by atoms with Crippen molar-refractivity contribution in [1.82, 2.24) is 9.78 Å². The number of nitrogens with zero attached hydrogens (tertiary/aromatic N) is 3. The highest BCUT2D eigenvalue weighted by molar-refractivity contribution is 5.55. The van der Waals surface area contributed by atoms with Gasteiger partial charge in [-0.15, -0.1) is 0 Å². The van der Waals surface area contributed by atoms with Crippen LogP contribution in [0.2, 0.25) is 0 Å². The Hall–Kier alpha value is -1.32. The second kappa shape index (κ2) is 2.11. The molecule has 42 valence electrons. The van der Waals surface area contributed by atoms with Crippen molar-refractivity contribution in [3.63, 3.8) is 0 Å². The van der Waals surface area contributed by atoms with E-state index in [2.05, 4.69) is 10.2 Å². The van der Waals surface area contributed by atoms with E-state index in [1.54, 1.807) is 18.5 Å². The Morgan fingerprint density at radius 3 is 3.12 bits per heavy atom. The molecule has 1 rings (SSSR count). The largest absolute Gasteiger partial charge is 0.322 e. The van der Waals surface area contributed by atoms with Crippen molar-refractivity contribution in [1.29, 1.82) is 0 Å². The van der Waals surface area contributed by atoms with Crippen LogP contribution >= 0.6 is 0 Å². The molecule has 0 saturated heterocycles. The lowest BCUT2D eigenvalue weighted by Gasteiger charge is -1.82. The van der Waals surface area contributed by atoms with E-state index in [1.165, 1.54) is 11.0 Å². The first-order chi connectivity index (χ1) is 3.93. The first-order valence-electron chi connectivity index (χ1n) is 2.16. The van der Waals surface area contributed by atoms with Crippen molar-refractivity contribution in [3.8, 4) is 0 Å². The van der Waals surface area contributed by atoms with Crippen molar-refractivity contribution in [3.05, 3.63) is 18.5 Å². The van der Waals surface area contributed by atoms with Gasteiger partial charge in [-0.3, -0.25) is 0 Å². The summed E-state index contributed by atoms with van der Waals surface area (Å²) >= 11 is 0. The van der Waals surface area contributed by atoms with Gasteiger partial charge in [0.1, 0.15) is 6.34 Å². The molecule has 0 saturated carbocycles. The quantitative estimate of drug-likeness (QED) is 0.232. The van der Waals surface area contributed by atoms with Crippen molar-refractivity contribution in [2.24, 2.45) is 10.9 Å². The molecule has 0 aliphatic rings. The first-order valence-corrected chi connectivity index (χ1v) is 2.16. The maximum absolute atomic E-state index is 4.83. The fraction of sp³-hybridized carbons (Fsp3) is 0. The molecule has 0 radical (unpaired) electrons. The van der Waals surface area contributed by atoms with E-state index in [4.69, 9.17) is 5.84 Å². The summed E-state index contributed by atoms with van der Waals surface area (Å²) in [5.74, 6) is 4.83. The standard InChI is InChI=1S/C4H6N4/c5-6-4-8-3-1-2-7-8/h1-4H,5H2. The highest BCUT2D eigenvalue weighted by atomic mass is 15.3. The Labute approximate surface area is 46.6 Å². The van der Waals surface area contributed by atoms with Crippen LogP contribution in [-0.4, -0.2) is 16.1 Å². The molecular formula is C4H6N4. The number of nitrogens with two attached hydrogens (primary N) is 1. The maximum atomic E-state index is 4.83. The van der Waals surface area contributed by atoms with Gasteiger partial charge in [-0.25, -0.2) is 4.68 Å². The van der Waals surface area contributed by atoms with Crippen molar-refractivity contribution >= 4 is 6.34 Å². The fourth-order valence-electron chi connectivity index (χ4n) is 0.417. The summed E-state index contributed by atoms with van der Waals surface area (Å²) in [6.45, 7) is 0. The number of aromatic nitrogens is 2. The molecule has 0 unspecified atom stereocenters. The lowest BCUT2D eigenvalue weighted by atomic mass is 10.8. The van der Waals surface area contributed by atoms with E-state index < -0.39 is 0 Å². The maximum Gasteiger partial charge on any atom is 0.136 e. The lowest BCUT2D eigenvalue weighted by Crippen LogP contribution is -1.96. The molecule has 0 bridgehead atoms. The third-order valence-corrected chi connectivity index (χ3v) is 0.710.